The Kier molecular flexibility index (Phi) is 3.95. The Hall–Kier alpha value is -1.25. The predicted octanol–water partition coefficient (Wildman–Crippen LogP) is 2.57. The Morgan fingerprint density at radius 1 is 1.47 bits per heavy atom. The second-order valence-corrected chi connectivity index (χ2v) is 4.14. The predicted molar refractivity (Wildman–Crippen MR) is 63.1 cm³/mol. The average Bonchev–Trinajstić information content (AvgIpc) is 2.11. The normalized spacial score (nSPS) is 10.7. The van der Waals surface area contributed by atoms with Crippen molar-refractivity contribution in [3.8, 4) is 5.75 Å². The highest BCUT2D eigenvalue weighted by atomic mass is 16.5. The molecule has 1 aromatic rings. The molecule has 0 unspecified atom stereocenters. The molecule has 0 aliphatic carbocycles. The minimum Gasteiger partial charge on any atom is -0.493 e. The van der Waals surface area contributed by atoms with E-state index in [9.17, 15) is 0 Å². The van der Waals surface area contributed by atoms with Crippen molar-refractivity contribution >= 4 is 5.82 Å². The monoisotopic (exact) mass is 208 g/mol. The lowest BCUT2D eigenvalue weighted by Gasteiger charge is -2.14. The molecule has 0 amide bonds. The number of ether oxygens (including phenoxy) is 1. The van der Waals surface area contributed by atoms with Gasteiger partial charge < -0.3 is 10.5 Å². The van der Waals surface area contributed by atoms with Crippen LogP contribution in [-0.4, -0.2) is 11.6 Å². The van der Waals surface area contributed by atoms with Gasteiger partial charge in [-0.3, -0.25) is 0 Å². The Labute approximate surface area is 91.7 Å². The van der Waals surface area contributed by atoms with Gasteiger partial charge in [-0.2, -0.15) is 0 Å². The molecule has 0 fully saturated rings. The fourth-order valence-corrected chi connectivity index (χ4v) is 1.63. The Bertz CT molecular complexity index is 335. The molecule has 3 heteroatoms. The minimum atomic E-state index is 0.531. The van der Waals surface area contributed by atoms with E-state index < -0.39 is 0 Å². The van der Waals surface area contributed by atoms with Gasteiger partial charge in [0, 0.05) is 17.3 Å². The molecule has 3 nitrogen and oxygen atoms in total. The fraction of sp³-hybridized carbons (Fsp3) is 0.583. The van der Waals surface area contributed by atoms with Crippen LogP contribution in [0.2, 0.25) is 0 Å². The van der Waals surface area contributed by atoms with Crippen LogP contribution in [0.15, 0.2) is 6.07 Å². The molecule has 15 heavy (non-hydrogen) atoms. The van der Waals surface area contributed by atoms with Crippen LogP contribution < -0.4 is 10.5 Å². The molecular formula is C12H20N2O. The standard InChI is InChI=1S/C12H20N2O/c1-5-15-11-7-12(13)14-9(4)10(11)6-8(2)3/h7-8H,5-6H2,1-4H3,(H2,13,14). The van der Waals surface area contributed by atoms with Crippen molar-refractivity contribution in [3.63, 3.8) is 0 Å². The molecule has 0 radical (unpaired) electrons. The molecule has 0 atom stereocenters. The molecule has 0 aromatic carbocycles. The van der Waals surface area contributed by atoms with Crippen molar-refractivity contribution < 1.29 is 4.74 Å². The van der Waals surface area contributed by atoms with Crippen LogP contribution in [0.25, 0.3) is 0 Å². The summed E-state index contributed by atoms with van der Waals surface area (Å²) in [4.78, 5) is 4.27. The molecule has 1 rings (SSSR count). The van der Waals surface area contributed by atoms with Crippen molar-refractivity contribution in [2.45, 2.75) is 34.1 Å². The molecule has 0 saturated heterocycles. The third-order valence-electron chi connectivity index (χ3n) is 2.22. The zero-order valence-electron chi connectivity index (χ0n) is 10.0. The van der Waals surface area contributed by atoms with E-state index in [-0.39, 0.29) is 0 Å². The van der Waals surface area contributed by atoms with E-state index in [0.29, 0.717) is 18.3 Å². The van der Waals surface area contributed by atoms with Gasteiger partial charge in [-0.05, 0) is 26.2 Å². The van der Waals surface area contributed by atoms with Crippen molar-refractivity contribution in [1.29, 1.82) is 0 Å². The third kappa shape index (κ3) is 3.11. The highest BCUT2D eigenvalue weighted by Crippen LogP contribution is 2.26. The summed E-state index contributed by atoms with van der Waals surface area (Å²) in [5.41, 5.74) is 7.86. The van der Waals surface area contributed by atoms with Gasteiger partial charge in [0.1, 0.15) is 11.6 Å². The summed E-state index contributed by atoms with van der Waals surface area (Å²) in [7, 11) is 0. The number of rotatable bonds is 4. The van der Waals surface area contributed by atoms with Gasteiger partial charge in [-0.1, -0.05) is 13.8 Å². The largest absolute Gasteiger partial charge is 0.493 e. The maximum absolute atomic E-state index is 5.70. The number of nitrogens with two attached hydrogens (primary N) is 1. The number of aryl methyl sites for hydroxylation is 1. The van der Waals surface area contributed by atoms with E-state index in [2.05, 4.69) is 18.8 Å². The summed E-state index contributed by atoms with van der Waals surface area (Å²) in [5.74, 6) is 2.01. The lowest BCUT2D eigenvalue weighted by atomic mass is 10.0. The molecule has 0 aliphatic rings. The summed E-state index contributed by atoms with van der Waals surface area (Å²) in [6, 6.07) is 1.81. The van der Waals surface area contributed by atoms with Gasteiger partial charge in [0.05, 0.1) is 6.61 Å². The van der Waals surface area contributed by atoms with Crippen molar-refractivity contribution in [2.24, 2.45) is 5.92 Å². The number of nitrogen functional groups attached to an aromatic ring is 1. The first kappa shape index (κ1) is 11.8. The maximum atomic E-state index is 5.70. The van der Waals surface area contributed by atoms with Crippen LogP contribution in [0.1, 0.15) is 32.0 Å². The third-order valence-corrected chi connectivity index (χ3v) is 2.22. The number of aromatic nitrogens is 1. The van der Waals surface area contributed by atoms with E-state index in [1.54, 1.807) is 0 Å². The molecule has 0 spiro atoms. The molecular weight excluding hydrogens is 188 g/mol. The lowest BCUT2D eigenvalue weighted by molar-refractivity contribution is 0.334. The van der Waals surface area contributed by atoms with Gasteiger partial charge in [0.15, 0.2) is 0 Å². The lowest BCUT2D eigenvalue weighted by Crippen LogP contribution is -2.06. The van der Waals surface area contributed by atoms with Crippen LogP contribution in [0.5, 0.6) is 5.75 Å². The summed E-state index contributed by atoms with van der Waals surface area (Å²) in [5, 5.41) is 0. The van der Waals surface area contributed by atoms with Gasteiger partial charge >= 0.3 is 0 Å². The van der Waals surface area contributed by atoms with E-state index in [1.807, 2.05) is 19.9 Å². The molecule has 1 heterocycles. The number of hydrogen-bond donors (Lipinski definition) is 1. The second kappa shape index (κ2) is 5.01. The maximum Gasteiger partial charge on any atom is 0.127 e. The van der Waals surface area contributed by atoms with Crippen LogP contribution in [-0.2, 0) is 6.42 Å². The topological polar surface area (TPSA) is 48.1 Å². The Balaban J connectivity index is 3.08. The highest BCUT2D eigenvalue weighted by Gasteiger charge is 2.11. The van der Waals surface area contributed by atoms with Crippen LogP contribution in [0, 0.1) is 12.8 Å². The molecule has 84 valence electrons. The van der Waals surface area contributed by atoms with E-state index in [1.165, 1.54) is 5.56 Å². The zero-order valence-corrected chi connectivity index (χ0v) is 10.0. The number of nitrogens with zero attached hydrogens (tertiary/aromatic N) is 1. The van der Waals surface area contributed by atoms with E-state index >= 15 is 0 Å². The second-order valence-electron chi connectivity index (χ2n) is 4.14. The van der Waals surface area contributed by atoms with Crippen molar-refractivity contribution in [1.82, 2.24) is 4.98 Å². The van der Waals surface area contributed by atoms with Gasteiger partial charge in [-0.25, -0.2) is 4.98 Å². The summed E-state index contributed by atoms with van der Waals surface area (Å²) >= 11 is 0. The minimum absolute atomic E-state index is 0.531. The number of pyridine rings is 1. The van der Waals surface area contributed by atoms with E-state index in [0.717, 1.165) is 17.9 Å². The zero-order chi connectivity index (χ0) is 11.4. The molecule has 0 saturated carbocycles. The molecule has 2 N–H and O–H groups in total. The summed E-state index contributed by atoms with van der Waals surface area (Å²) in [6.45, 7) is 8.99. The summed E-state index contributed by atoms with van der Waals surface area (Å²) < 4.78 is 5.58. The number of hydrogen-bond acceptors (Lipinski definition) is 3. The first-order valence-corrected chi connectivity index (χ1v) is 5.43. The van der Waals surface area contributed by atoms with Crippen LogP contribution in [0.4, 0.5) is 5.82 Å². The van der Waals surface area contributed by atoms with Crippen LogP contribution >= 0.6 is 0 Å². The molecule has 0 aliphatic heterocycles. The number of anilines is 1. The first-order chi connectivity index (χ1) is 7.04. The van der Waals surface area contributed by atoms with Gasteiger partial charge in [-0.15, -0.1) is 0 Å². The van der Waals surface area contributed by atoms with Gasteiger partial charge in [0.2, 0.25) is 0 Å². The van der Waals surface area contributed by atoms with Crippen LogP contribution in [0.3, 0.4) is 0 Å². The first-order valence-electron chi connectivity index (χ1n) is 5.43. The van der Waals surface area contributed by atoms with Gasteiger partial charge in [0.25, 0.3) is 0 Å². The Morgan fingerprint density at radius 3 is 2.67 bits per heavy atom. The van der Waals surface area contributed by atoms with Crippen molar-refractivity contribution in [2.75, 3.05) is 12.3 Å². The van der Waals surface area contributed by atoms with Crippen molar-refractivity contribution in [3.05, 3.63) is 17.3 Å². The average molecular weight is 208 g/mol. The molecule has 1 aromatic heterocycles. The Morgan fingerprint density at radius 2 is 2.13 bits per heavy atom. The van der Waals surface area contributed by atoms with E-state index in [4.69, 9.17) is 10.5 Å². The smallest absolute Gasteiger partial charge is 0.127 e. The highest BCUT2D eigenvalue weighted by molar-refractivity contribution is 5.45. The quantitative estimate of drug-likeness (QED) is 0.827. The summed E-state index contributed by atoms with van der Waals surface area (Å²) in [6.07, 6.45) is 0.981. The fourth-order valence-electron chi connectivity index (χ4n) is 1.63. The SMILES string of the molecule is CCOc1cc(N)nc(C)c1CC(C)C. The molecule has 0 bridgehead atoms.